The predicted molar refractivity (Wildman–Crippen MR) is 88.4 cm³/mol. The summed E-state index contributed by atoms with van der Waals surface area (Å²) in [4.78, 5) is 34.9. The van der Waals surface area contributed by atoms with E-state index in [2.05, 4.69) is 5.32 Å². The van der Waals surface area contributed by atoms with E-state index in [1.54, 1.807) is 42.5 Å². The van der Waals surface area contributed by atoms with E-state index in [0.29, 0.717) is 34.9 Å². The van der Waals surface area contributed by atoms with Crippen LogP contribution in [-0.4, -0.2) is 18.0 Å². The fraction of sp³-hybridized carbons (Fsp3) is 0.105. The van der Waals surface area contributed by atoms with Crippen LogP contribution in [0.3, 0.4) is 0 Å². The summed E-state index contributed by atoms with van der Waals surface area (Å²) < 4.78 is 5.61. The predicted octanol–water partition coefficient (Wildman–Crippen LogP) is 3.36. The van der Waals surface area contributed by atoms with Crippen molar-refractivity contribution in [3.63, 3.8) is 0 Å². The molecule has 5 nitrogen and oxygen atoms in total. The number of hydrogen-bond donors (Lipinski definition) is 1. The zero-order valence-corrected chi connectivity index (χ0v) is 12.7. The molecule has 1 aliphatic rings. The van der Waals surface area contributed by atoms with Gasteiger partial charge in [0, 0.05) is 28.6 Å². The first-order valence-corrected chi connectivity index (χ1v) is 7.60. The van der Waals surface area contributed by atoms with Gasteiger partial charge in [-0.25, -0.2) is 0 Å². The van der Waals surface area contributed by atoms with Gasteiger partial charge in [-0.1, -0.05) is 0 Å². The summed E-state index contributed by atoms with van der Waals surface area (Å²) in [7, 11) is 0. The number of rotatable bonds is 3. The van der Waals surface area contributed by atoms with Crippen LogP contribution < -0.4 is 5.32 Å². The molecule has 4 rings (SSSR count). The number of ketones is 1. The van der Waals surface area contributed by atoms with Gasteiger partial charge in [0.15, 0.2) is 5.76 Å². The van der Waals surface area contributed by atoms with Crippen molar-refractivity contribution in [2.24, 2.45) is 0 Å². The highest BCUT2D eigenvalue weighted by atomic mass is 16.3. The van der Waals surface area contributed by atoms with Crippen molar-refractivity contribution in [3.05, 3.63) is 64.9 Å². The lowest BCUT2D eigenvalue weighted by atomic mass is 9.98. The molecule has 1 aromatic heterocycles. The van der Waals surface area contributed by atoms with E-state index in [1.165, 1.54) is 0 Å². The average molecular weight is 319 g/mol. The maximum absolute atomic E-state index is 12.7. The Morgan fingerprint density at radius 1 is 1.08 bits per heavy atom. The van der Waals surface area contributed by atoms with Crippen LogP contribution in [0, 0.1) is 0 Å². The molecule has 0 aliphatic carbocycles. The van der Waals surface area contributed by atoms with E-state index in [4.69, 9.17) is 4.42 Å². The number of nitrogens with one attached hydrogen (secondary N) is 1. The smallest absolute Gasteiger partial charge is 0.228 e. The average Bonchev–Trinajstić information content (AvgIpc) is 3.03. The Kier molecular flexibility index (Phi) is 3.27. The minimum absolute atomic E-state index is 0.00940. The molecular weight excluding hydrogens is 306 g/mol. The highest BCUT2D eigenvalue weighted by molar-refractivity contribution is 6.09. The Morgan fingerprint density at radius 2 is 1.96 bits per heavy atom. The van der Waals surface area contributed by atoms with Crippen molar-refractivity contribution in [1.82, 2.24) is 0 Å². The first kappa shape index (κ1) is 14.4. The van der Waals surface area contributed by atoms with E-state index >= 15 is 0 Å². The number of furan rings is 1. The van der Waals surface area contributed by atoms with Crippen molar-refractivity contribution in [3.8, 4) is 0 Å². The topological polar surface area (TPSA) is 76.4 Å². The van der Waals surface area contributed by atoms with Gasteiger partial charge < -0.3 is 9.73 Å². The summed E-state index contributed by atoms with van der Waals surface area (Å²) in [5.74, 6) is -0.00348. The van der Waals surface area contributed by atoms with E-state index in [1.807, 2.05) is 0 Å². The molecule has 0 spiro atoms. The minimum Gasteiger partial charge on any atom is -0.453 e. The van der Waals surface area contributed by atoms with Crippen LogP contribution in [0.1, 0.15) is 38.5 Å². The van der Waals surface area contributed by atoms with Gasteiger partial charge in [-0.05, 0) is 54.4 Å². The Hall–Kier alpha value is -3.21. The number of hydrogen-bond acceptors (Lipinski definition) is 4. The minimum atomic E-state index is -0.224. The van der Waals surface area contributed by atoms with E-state index in [0.717, 1.165) is 17.5 Å². The van der Waals surface area contributed by atoms with Crippen LogP contribution in [0.4, 0.5) is 5.69 Å². The molecule has 0 saturated heterocycles. The summed E-state index contributed by atoms with van der Waals surface area (Å²) in [5, 5.41) is 3.51. The third-order valence-electron chi connectivity index (χ3n) is 4.16. The highest BCUT2D eigenvalue weighted by Crippen LogP contribution is 2.26. The second kappa shape index (κ2) is 5.45. The van der Waals surface area contributed by atoms with Crippen molar-refractivity contribution in [2.75, 3.05) is 5.32 Å². The molecule has 0 radical (unpaired) electrons. The number of anilines is 1. The summed E-state index contributed by atoms with van der Waals surface area (Å²) in [6.07, 6.45) is 1.79. The molecule has 118 valence electrons. The van der Waals surface area contributed by atoms with Crippen molar-refractivity contribution >= 4 is 34.6 Å². The number of aryl methyl sites for hydroxylation is 1. The van der Waals surface area contributed by atoms with Crippen LogP contribution in [0.5, 0.6) is 0 Å². The van der Waals surface area contributed by atoms with E-state index in [9.17, 15) is 14.4 Å². The maximum atomic E-state index is 12.7. The Bertz CT molecular complexity index is 1000. The van der Waals surface area contributed by atoms with Crippen LogP contribution in [0.15, 0.2) is 46.9 Å². The number of amides is 1. The molecule has 24 heavy (non-hydrogen) atoms. The van der Waals surface area contributed by atoms with Gasteiger partial charge in [-0.15, -0.1) is 0 Å². The van der Waals surface area contributed by atoms with Gasteiger partial charge >= 0.3 is 0 Å². The molecule has 0 unspecified atom stereocenters. The Morgan fingerprint density at radius 3 is 2.79 bits per heavy atom. The summed E-state index contributed by atoms with van der Waals surface area (Å²) in [6.45, 7) is 0. The van der Waals surface area contributed by atoms with Crippen LogP contribution in [0.25, 0.3) is 11.0 Å². The Balaban J connectivity index is 1.71. The standard InChI is InChI=1S/C19H13NO4/c21-10-11-1-5-16-14(7-11)9-17(24-16)19(23)13-2-4-15-12(8-13)3-6-18(22)20-15/h1-2,4-5,7-10H,3,6H2,(H,20,22). The molecular formula is C19H13NO4. The summed E-state index contributed by atoms with van der Waals surface area (Å²) in [6, 6.07) is 11.9. The van der Waals surface area contributed by atoms with Gasteiger partial charge in [0.25, 0.3) is 0 Å². The zero-order valence-electron chi connectivity index (χ0n) is 12.7. The fourth-order valence-corrected chi connectivity index (χ4v) is 2.91. The molecule has 2 heterocycles. The van der Waals surface area contributed by atoms with Crippen molar-refractivity contribution in [1.29, 1.82) is 0 Å². The summed E-state index contributed by atoms with van der Waals surface area (Å²) in [5.41, 5.74) is 3.31. The third-order valence-corrected chi connectivity index (χ3v) is 4.16. The van der Waals surface area contributed by atoms with E-state index in [-0.39, 0.29) is 17.5 Å². The number of aldehydes is 1. The zero-order chi connectivity index (χ0) is 16.7. The lowest BCUT2D eigenvalue weighted by Crippen LogP contribution is -2.19. The SMILES string of the molecule is O=Cc1ccc2oc(C(=O)c3ccc4c(c3)CCC(=O)N4)cc2c1. The molecule has 0 atom stereocenters. The highest BCUT2D eigenvalue weighted by Gasteiger charge is 2.19. The lowest BCUT2D eigenvalue weighted by molar-refractivity contribution is -0.116. The monoisotopic (exact) mass is 319 g/mol. The van der Waals surface area contributed by atoms with Gasteiger partial charge in [0.2, 0.25) is 11.7 Å². The van der Waals surface area contributed by atoms with Crippen LogP contribution in [-0.2, 0) is 11.2 Å². The van der Waals surface area contributed by atoms with Crippen molar-refractivity contribution in [2.45, 2.75) is 12.8 Å². The molecule has 1 aliphatic heterocycles. The number of benzene rings is 2. The largest absolute Gasteiger partial charge is 0.453 e. The maximum Gasteiger partial charge on any atom is 0.228 e. The normalized spacial score (nSPS) is 13.4. The van der Waals surface area contributed by atoms with Crippen molar-refractivity contribution < 1.29 is 18.8 Å². The van der Waals surface area contributed by atoms with Gasteiger partial charge in [-0.2, -0.15) is 0 Å². The molecule has 0 bridgehead atoms. The third kappa shape index (κ3) is 2.40. The lowest BCUT2D eigenvalue weighted by Gasteiger charge is -2.17. The van der Waals surface area contributed by atoms with Gasteiger partial charge in [-0.3, -0.25) is 14.4 Å². The molecule has 0 saturated carbocycles. The summed E-state index contributed by atoms with van der Waals surface area (Å²) >= 11 is 0. The first-order valence-electron chi connectivity index (χ1n) is 7.60. The first-order chi connectivity index (χ1) is 11.6. The van der Waals surface area contributed by atoms with Crippen LogP contribution in [0.2, 0.25) is 0 Å². The van der Waals surface area contributed by atoms with Crippen LogP contribution >= 0.6 is 0 Å². The van der Waals surface area contributed by atoms with Gasteiger partial charge in [0.05, 0.1) is 0 Å². The fourth-order valence-electron chi connectivity index (χ4n) is 2.91. The number of carbonyl (C=O) groups excluding carboxylic acids is 3. The molecule has 0 fully saturated rings. The molecule has 1 amide bonds. The number of carbonyl (C=O) groups is 3. The second-order valence-electron chi connectivity index (χ2n) is 5.77. The quantitative estimate of drug-likeness (QED) is 0.593. The Labute approximate surface area is 137 Å². The molecule has 5 heteroatoms. The molecule has 1 N–H and O–H groups in total. The van der Waals surface area contributed by atoms with Gasteiger partial charge in [0.1, 0.15) is 11.9 Å². The van der Waals surface area contributed by atoms with E-state index < -0.39 is 0 Å². The molecule has 2 aromatic carbocycles. The second-order valence-corrected chi connectivity index (χ2v) is 5.77. The number of fused-ring (bicyclic) bond motifs is 2. The molecule has 3 aromatic rings.